The second kappa shape index (κ2) is 5.62. The zero-order chi connectivity index (χ0) is 15.7. The Hall–Kier alpha value is -2.05. The smallest absolute Gasteiger partial charge is 0.374 e. The second-order valence-electron chi connectivity index (χ2n) is 5.62. The van der Waals surface area contributed by atoms with E-state index < -0.39 is 5.97 Å². The monoisotopic (exact) mass is 323 g/mol. The van der Waals surface area contributed by atoms with Crippen molar-refractivity contribution >= 4 is 17.6 Å². The third-order valence-electron chi connectivity index (χ3n) is 3.43. The van der Waals surface area contributed by atoms with Gasteiger partial charge in [-0.05, 0) is 18.2 Å². The number of aromatic nitrogens is 1. The van der Waals surface area contributed by atoms with Crippen molar-refractivity contribution < 1.29 is 23.9 Å². The molecule has 1 aromatic heterocycles. The maximum Gasteiger partial charge on any atom is 0.374 e. The quantitative estimate of drug-likeness (QED) is 0.910. The second-order valence-corrected chi connectivity index (χ2v) is 6.03. The first-order chi connectivity index (χ1) is 10.5. The summed E-state index contributed by atoms with van der Waals surface area (Å²) in [5, 5.41) is 13.0. The van der Waals surface area contributed by atoms with Crippen molar-refractivity contribution in [2.24, 2.45) is 5.41 Å². The number of nitrogens with zero attached hydrogens (tertiary/aromatic N) is 1. The van der Waals surface area contributed by atoms with Crippen molar-refractivity contribution in [2.45, 2.75) is 6.92 Å². The molecule has 0 saturated carbocycles. The Morgan fingerprint density at radius 3 is 2.77 bits per heavy atom. The normalized spacial score (nSPS) is 16.1. The van der Waals surface area contributed by atoms with E-state index in [-0.39, 0.29) is 11.2 Å². The van der Waals surface area contributed by atoms with Crippen LogP contribution in [0.1, 0.15) is 17.5 Å². The van der Waals surface area contributed by atoms with Gasteiger partial charge in [0.25, 0.3) is 0 Å². The van der Waals surface area contributed by atoms with E-state index in [0.29, 0.717) is 41.9 Å². The number of aromatic carboxylic acids is 1. The number of rotatable bonds is 5. The molecular formula is C15H14ClNO5. The predicted molar refractivity (Wildman–Crippen MR) is 78.3 cm³/mol. The molecule has 1 aliphatic rings. The summed E-state index contributed by atoms with van der Waals surface area (Å²) in [4.78, 5) is 10.8. The van der Waals surface area contributed by atoms with Crippen LogP contribution in [-0.4, -0.2) is 36.1 Å². The van der Waals surface area contributed by atoms with Crippen LogP contribution in [0.5, 0.6) is 5.75 Å². The highest BCUT2D eigenvalue weighted by Crippen LogP contribution is 2.33. The molecular weight excluding hydrogens is 310 g/mol. The molecule has 2 aromatic rings. The molecule has 0 bridgehead atoms. The fourth-order valence-corrected chi connectivity index (χ4v) is 2.31. The van der Waals surface area contributed by atoms with Crippen LogP contribution in [0.25, 0.3) is 11.3 Å². The third kappa shape index (κ3) is 2.93. The average Bonchev–Trinajstić information content (AvgIpc) is 2.94. The molecule has 1 N–H and O–H groups in total. The SMILES string of the molecule is CC1(COc2ccc(-c3cc(C(=O)O)on3)cc2Cl)COC1. The van der Waals surface area contributed by atoms with Gasteiger partial charge in [-0.1, -0.05) is 23.7 Å². The predicted octanol–water partition coefficient (Wildman–Crippen LogP) is 3.11. The number of carbonyl (C=O) groups is 1. The molecule has 7 heteroatoms. The zero-order valence-electron chi connectivity index (χ0n) is 11.8. The van der Waals surface area contributed by atoms with Gasteiger partial charge >= 0.3 is 5.97 Å². The van der Waals surface area contributed by atoms with E-state index in [0.717, 1.165) is 0 Å². The van der Waals surface area contributed by atoms with Crippen LogP contribution in [0, 0.1) is 5.41 Å². The van der Waals surface area contributed by atoms with Crippen molar-refractivity contribution in [3.8, 4) is 17.0 Å². The molecule has 0 unspecified atom stereocenters. The van der Waals surface area contributed by atoms with E-state index in [9.17, 15) is 4.79 Å². The summed E-state index contributed by atoms with van der Waals surface area (Å²) >= 11 is 6.21. The lowest BCUT2D eigenvalue weighted by Crippen LogP contribution is -2.44. The van der Waals surface area contributed by atoms with Crippen LogP contribution in [0.2, 0.25) is 5.02 Å². The highest BCUT2D eigenvalue weighted by Gasteiger charge is 2.34. The average molecular weight is 324 g/mol. The fourth-order valence-electron chi connectivity index (χ4n) is 2.08. The highest BCUT2D eigenvalue weighted by molar-refractivity contribution is 6.32. The number of hydrogen-bond acceptors (Lipinski definition) is 5. The van der Waals surface area contributed by atoms with Crippen LogP contribution in [0.15, 0.2) is 28.8 Å². The van der Waals surface area contributed by atoms with Gasteiger partial charge in [0.1, 0.15) is 11.4 Å². The van der Waals surface area contributed by atoms with Gasteiger partial charge in [0.05, 0.1) is 24.8 Å². The molecule has 6 nitrogen and oxygen atoms in total. The number of benzene rings is 1. The lowest BCUT2D eigenvalue weighted by molar-refractivity contribution is -0.120. The Kier molecular flexibility index (Phi) is 3.80. The number of carboxylic acid groups (broad SMARTS) is 1. The molecule has 0 aliphatic carbocycles. The molecule has 1 aromatic carbocycles. The Bertz CT molecular complexity index is 708. The summed E-state index contributed by atoms with van der Waals surface area (Å²) in [6.07, 6.45) is 0. The van der Waals surface area contributed by atoms with E-state index in [1.807, 2.05) is 0 Å². The number of carboxylic acids is 1. The van der Waals surface area contributed by atoms with Gasteiger partial charge in [-0.15, -0.1) is 0 Å². The lowest BCUT2D eigenvalue weighted by atomic mass is 9.90. The molecule has 0 amide bonds. The van der Waals surface area contributed by atoms with E-state index in [2.05, 4.69) is 12.1 Å². The van der Waals surface area contributed by atoms with Crippen LogP contribution >= 0.6 is 11.6 Å². The maximum atomic E-state index is 10.8. The fraction of sp³-hybridized carbons (Fsp3) is 0.333. The Morgan fingerprint density at radius 2 is 2.23 bits per heavy atom. The summed E-state index contributed by atoms with van der Waals surface area (Å²) in [6, 6.07) is 6.50. The summed E-state index contributed by atoms with van der Waals surface area (Å²) in [6.45, 7) is 3.97. The Balaban J connectivity index is 1.74. The highest BCUT2D eigenvalue weighted by atomic mass is 35.5. The number of ether oxygens (including phenoxy) is 2. The number of hydrogen-bond donors (Lipinski definition) is 1. The molecule has 2 heterocycles. The minimum Gasteiger partial charge on any atom is -0.491 e. The molecule has 1 fully saturated rings. The summed E-state index contributed by atoms with van der Waals surface area (Å²) in [7, 11) is 0. The van der Waals surface area contributed by atoms with Gasteiger partial charge in [0.15, 0.2) is 0 Å². The van der Waals surface area contributed by atoms with Crippen molar-refractivity contribution in [1.82, 2.24) is 5.16 Å². The van der Waals surface area contributed by atoms with Gasteiger partial charge in [-0.3, -0.25) is 0 Å². The van der Waals surface area contributed by atoms with Gasteiger partial charge in [-0.2, -0.15) is 0 Å². The summed E-state index contributed by atoms with van der Waals surface area (Å²) in [5.41, 5.74) is 1.10. The van der Waals surface area contributed by atoms with Crippen LogP contribution in [0.3, 0.4) is 0 Å². The van der Waals surface area contributed by atoms with Gasteiger partial charge in [0.2, 0.25) is 5.76 Å². The van der Waals surface area contributed by atoms with Crippen molar-refractivity contribution in [1.29, 1.82) is 0 Å². The molecule has 3 rings (SSSR count). The standard InChI is InChI=1S/C15H14ClNO5/c1-15(6-20-7-15)8-21-12-3-2-9(4-10(12)16)11-5-13(14(18)19)22-17-11/h2-5H,6-8H2,1H3,(H,18,19). The van der Waals surface area contributed by atoms with Gasteiger partial charge < -0.3 is 19.1 Å². The van der Waals surface area contributed by atoms with E-state index in [1.165, 1.54) is 6.07 Å². The topological polar surface area (TPSA) is 81.8 Å². The van der Waals surface area contributed by atoms with Crippen LogP contribution in [0.4, 0.5) is 0 Å². The molecule has 1 saturated heterocycles. The third-order valence-corrected chi connectivity index (χ3v) is 3.72. The number of halogens is 1. The van der Waals surface area contributed by atoms with Crippen molar-refractivity contribution in [2.75, 3.05) is 19.8 Å². The van der Waals surface area contributed by atoms with Crippen LogP contribution in [-0.2, 0) is 4.74 Å². The maximum absolute atomic E-state index is 10.8. The minimum atomic E-state index is -1.17. The van der Waals surface area contributed by atoms with Crippen LogP contribution < -0.4 is 4.74 Å². The molecule has 0 radical (unpaired) electrons. The Labute approximate surface area is 131 Å². The first kappa shape index (κ1) is 14.9. The molecule has 0 spiro atoms. The summed E-state index contributed by atoms with van der Waals surface area (Å²) in [5.74, 6) is -0.814. The van der Waals surface area contributed by atoms with Gasteiger partial charge in [-0.25, -0.2) is 4.79 Å². The van der Waals surface area contributed by atoms with Crippen molar-refractivity contribution in [3.05, 3.63) is 35.0 Å². The zero-order valence-corrected chi connectivity index (χ0v) is 12.6. The van der Waals surface area contributed by atoms with E-state index >= 15 is 0 Å². The molecule has 22 heavy (non-hydrogen) atoms. The van der Waals surface area contributed by atoms with Crippen molar-refractivity contribution in [3.63, 3.8) is 0 Å². The molecule has 0 atom stereocenters. The summed E-state index contributed by atoms with van der Waals surface area (Å²) < 4.78 is 15.6. The van der Waals surface area contributed by atoms with Gasteiger partial charge in [0, 0.05) is 17.0 Å². The first-order valence-electron chi connectivity index (χ1n) is 6.67. The lowest BCUT2D eigenvalue weighted by Gasteiger charge is -2.37. The first-order valence-corrected chi connectivity index (χ1v) is 7.05. The minimum absolute atomic E-state index is 0.0322. The Morgan fingerprint density at radius 1 is 1.45 bits per heavy atom. The molecule has 116 valence electrons. The van der Waals surface area contributed by atoms with E-state index in [1.54, 1.807) is 18.2 Å². The molecule has 1 aliphatic heterocycles. The largest absolute Gasteiger partial charge is 0.491 e. The van der Waals surface area contributed by atoms with E-state index in [4.69, 9.17) is 30.7 Å².